The highest BCUT2D eigenvalue weighted by molar-refractivity contribution is 5.52. The lowest BCUT2D eigenvalue weighted by atomic mass is 9.75. The van der Waals surface area contributed by atoms with Crippen LogP contribution < -0.4 is 0 Å². The van der Waals surface area contributed by atoms with Crippen LogP contribution in [0.2, 0.25) is 0 Å². The maximum absolute atomic E-state index is 4.23. The van der Waals surface area contributed by atoms with Gasteiger partial charge < -0.3 is 4.57 Å². The fourth-order valence-corrected chi connectivity index (χ4v) is 3.66. The molecule has 0 aliphatic carbocycles. The molecule has 121 valence electrons. The normalized spacial score (nSPS) is 11.4. The summed E-state index contributed by atoms with van der Waals surface area (Å²) in [7, 11) is 0. The summed E-state index contributed by atoms with van der Waals surface area (Å²) in [6, 6.07) is 29.7. The summed E-state index contributed by atoms with van der Waals surface area (Å²) < 4.78 is 2.15. The van der Waals surface area contributed by atoms with Gasteiger partial charge in [-0.05, 0) is 29.2 Å². The van der Waals surface area contributed by atoms with Gasteiger partial charge in [0.05, 0.1) is 6.33 Å². The van der Waals surface area contributed by atoms with Crippen molar-refractivity contribution in [1.82, 2.24) is 9.55 Å². The van der Waals surface area contributed by atoms with Crippen LogP contribution in [-0.2, 0) is 5.54 Å². The maximum Gasteiger partial charge on any atom is 0.121 e. The summed E-state index contributed by atoms with van der Waals surface area (Å²) in [5.74, 6) is 0. The van der Waals surface area contributed by atoms with E-state index in [-0.39, 0.29) is 0 Å². The molecule has 0 saturated carbocycles. The molecule has 1 aromatic heterocycles. The van der Waals surface area contributed by atoms with E-state index in [1.165, 1.54) is 22.3 Å². The van der Waals surface area contributed by atoms with Crippen molar-refractivity contribution >= 4 is 0 Å². The molecule has 4 rings (SSSR count). The van der Waals surface area contributed by atoms with Crippen molar-refractivity contribution in [3.05, 3.63) is 126 Å². The van der Waals surface area contributed by atoms with Gasteiger partial charge in [0.25, 0.3) is 0 Å². The van der Waals surface area contributed by atoms with E-state index in [0.29, 0.717) is 0 Å². The van der Waals surface area contributed by atoms with E-state index in [1.807, 2.05) is 12.5 Å². The first-order chi connectivity index (χ1) is 12.3. The van der Waals surface area contributed by atoms with E-state index in [0.717, 1.165) is 0 Å². The monoisotopic (exact) mass is 323 g/mol. The Morgan fingerprint density at radius 2 is 1.32 bits per heavy atom. The molecule has 2 heteroatoms. The molecule has 0 unspecified atom stereocenters. The fraction of sp³-hybridized carbons (Fsp3) is 0.0870. The highest BCUT2D eigenvalue weighted by Gasteiger charge is 2.38. The van der Waals surface area contributed by atoms with Gasteiger partial charge in [-0.2, -0.15) is 0 Å². The van der Waals surface area contributed by atoms with Gasteiger partial charge in [0.2, 0.25) is 0 Å². The number of rotatable bonds is 4. The minimum Gasteiger partial charge on any atom is -0.318 e. The zero-order valence-electron chi connectivity index (χ0n) is 14.1. The minimum atomic E-state index is -0.485. The van der Waals surface area contributed by atoms with Crippen molar-refractivity contribution in [2.75, 3.05) is 0 Å². The van der Waals surface area contributed by atoms with Gasteiger partial charge in [0.15, 0.2) is 0 Å². The lowest BCUT2D eigenvalue weighted by molar-refractivity contribution is 0.512. The first-order valence-corrected chi connectivity index (χ1v) is 8.41. The van der Waals surface area contributed by atoms with Gasteiger partial charge in [-0.15, -0.1) is 0 Å². The Balaban J connectivity index is 2.15. The van der Waals surface area contributed by atoms with E-state index in [1.54, 1.807) is 0 Å². The van der Waals surface area contributed by atoms with Gasteiger partial charge in [0, 0.05) is 6.20 Å². The first-order valence-electron chi connectivity index (χ1n) is 8.41. The van der Waals surface area contributed by atoms with Gasteiger partial charge >= 0.3 is 0 Å². The van der Waals surface area contributed by atoms with Crippen molar-refractivity contribution in [3.8, 4) is 0 Å². The molecule has 0 spiro atoms. The molecule has 4 aromatic rings. The van der Waals surface area contributed by atoms with Crippen molar-refractivity contribution in [3.63, 3.8) is 0 Å². The minimum absolute atomic E-state index is 0.485. The summed E-state index contributed by atoms with van der Waals surface area (Å²) in [5, 5.41) is 0. The van der Waals surface area contributed by atoms with E-state index in [4.69, 9.17) is 0 Å². The highest BCUT2D eigenvalue weighted by Crippen LogP contribution is 2.41. The second-order valence-electron chi connectivity index (χ2n) is 6.17. The van der Waals surface area contributed by atoms with E-state index < -0.39 is 5.54 Å². The van der Waals surface area contributed by atoms with E-state index >= 15 is 0 Å². The molecule has 2 nitrogen and oxygen atoms in total. The van der Waals surface area contributed by atoms with E-state index in [9.17, 15) is 0 Å². The molecule has 1 radical (unpaired) electrons. The van der Waals surface area contributed by atoms with Crippen LogP contribution >= 0.6 is 0 Å². The van der Waals surface area contributed by atoms with Crippen LogP contribution in [0.3, 0.4) is 0 Å². The number of hydrogen-bond donors (Lipinski definition) is 0. The van der Waals surface area contributed by atoms with Gasteiger partial charge in [-0.3, -0.25) is 0 Å². The van der Waals surface area contributed by atoms with E-state index in [2.05, 4.69) is 108 Å². The largest absolute Gasteiger partial charge is 0.318 e. The molecule has 0 saturated heterocycles. The van der Waals surface area contributed by atoms with Crippen LogP contribution in [0.1, 0.15) is 22.3 Å². The summed E-state index contributed by atoms with van der Waals surface area (Å²) in [6.45, 7) is 2.16. The molecule has 0 bridgehead atoms. The summed E-state index contributed by atoms with van der Waals surface area (Å²) in [6.07, 6.45) is 6.75. The molecule has 0 atom stereocenters. The maximum atomic E-state index is 4.23. The number of aromatic nitrogens is 2. The topological polar surface area (TPSA) is 17.8 Å². The standard InChI is InChI=1S/C23H19N2/c1-19-10-8-9-15-22(19)23(25-17-16-24-18-25,20-11-4-2-5-12-20)21-13-6-3-7-14-21/h2-15,17-18H,1H3. The smallest absolute Gasteiger partial charge is 0.121 e. The van der Waals surface area contributed by atoms with Crippen LogP contribution in [0.4, 0.5) is 0 Å². The SMILES string of the molecule is Cc1ccccc1C(c1ccccc1)(c1ccccc1)n1c[c]nc1. The lowest BCUT2D eigenvalue weighted by Crippen LogP contribution is -2.37. The van der Waals surface area contributed by atoms with Crippen LogP contribution in [-0.4, -0.2) is 9.55 Å². The summed E-state index contributed by atoms with van der Waals surface area (Å²) >= 11 is 0. The Hall–Kier alpha value is -3.13. The Morgan fingerprint density at radius 3 is 1.84 bits per heavy atom. The third-order valence-corrected chi connectivity index (χ3v) is 4.76. The summed E-state index contributed by atoms with van der Waals surface area (Å²) in [4.78, 5) is 4.23. The Morgan fingerprint density at radius 1 is 0.760 bits per heavy atom. The second kappa shape index (κ2) is 6.40. The fourth-order valence-electron chi connectivity index (χ4n) is 3.66. The van der Waals surface area contributed by atoms with Crippen molar-refractivity contribution in [2.24, 2.45) is 0 Å². The van der Waals surface area contributed by atoms with Crippen molar-refractivity contribution in [1.29, 1.82) is 0 Å². The van der Waals surface area contributed by atoms with Crippen LogP contribution in [0.5, 0.6) is 0 Å². The number of benzene rings is 3. The Bertz CT molecular complexity index is 902. The number of imidazole rings is 1. The van der Waals surface area contributed by atoms with Crippen LogP contribution in [0.15, 0.2) is 97.5 Å². The summed E-state index contributed by atoms with van der Waals surface area (Å²) in [5.41, 5.74) is 4.38. The molecule has 1 heterocycles. The quantitative estimate of drug-likeness (QED) is 0.492. The average molecular weight is 323 g/mol. The van der Waals surface area contributed by atoms with Gasteiger partial charge in [0.1, 0.15) is 11.7 Å². The molecule has 3 aromatic carbocycles. The third kappa shape index (κ3) is 2.47. The molecule has 25 heavy (non-hydrogen) atoms. The second-order valence-corrected chi connectivity index (χ2v) is 6.17. The molecule has 0 aliphatic heterocycles. The molecule has 0 fully saturated rings. The lowest BCUT2D eigenvalue weighted by Gasteiger charge is -2.38. The average Bonchev–Trinajstić information content (AvgIpc) is 3.21. The number of hydrogen-bond acceptors (Lipinski definition) is 1. The molecular weight excluding hydrogens is 304 g/mol. The molecular formula is C23H19N2. The third-order valence-electron chi connectivity index (χ3n) is 4.76. The Labute approximate surface area is 148 Å². The number of aryl methyl sites for hydroxylation is 1. The molecule has 0 N–H and O–H groups in total. The highest BCUT2D eigenvalue weighted by atomic mass is 15.1. The van der Waals surface area contributed by atoms with Crippen molar-refractivity contribution in [2.45, 2.75) is 12.5 Å². The van der Waals surface area contributed by atoms with Crippen LogP contribution in [0, 0.1) is 13.1 Å². The molecule has 0 aliphatic rings. The van der Waals surface area contributed by atoms with Gasteiger partial charge in [-0.1, -0.05) is 84.9 Å². The predicted octanol–water partition coefficient (Wildman–Crippen LogP) is 4.83. The number of nitrogens with zero attached hydrogens (tertiary/aromatic N) is 2. The van der Waals surface area contributed by atoms with Crippen LogP contribution in [0.25, 0.3) is 0 Å². The zero-order chi connectivity index (χ0) is 17.1. The Kier molecular flexibility index (Phi) is 3.95. The first kappa shape index (κ1) is 15.4. The van der Waals surface area contributed by atoms with Crippen molar-refractivity contribution < 1.29 is 0 Å². The van der Waals surface area contributed by atoms with Gasteiger partial charge in [-0.25, -0.2) is 4.98 Å². The predicted molar refractivity (Wildman–Crippen MR) is 100 cm³/mol. The zero-order valence-corrected chi connectivity index (χ0v) is 14.1. The molecule has 0 amide bonds.